The van der Waals surface area contributed by atoms with E-state index < -0.39 is 17.0 Å². The zero-order valence-corrected chi connectivity index (χ0v) is 13.6. The fourth-order valence-electron chi connectivity index (χ4n) is 3.67. The zero-order valence-electron chi connectivity index (χ0n) is 13.6. The Balaban J connectivity index is 2.33. The van der Waals surface area contributed by atoms with Crippen molar-refractivity contribution in [3.8, 4) is 0 Å². The molecular weight excluding hydrogens is 270 g/mol. The Labute approximate surface area is 126 Å². The summed E-state index contributed by atoms with van der Waals surface area (Å²) in [5.41, 5.74) is -1.34. The molecule has 2 aliphatic rings. The van der Waals surface area contributed by atoms with Crippen LogP contribution in [0, 0.1) is 5.41 Å². The van der Waals surface area contributed by atoms with Crippen LogP contribution in [0.15, 0.2) is 0 Å². The molecule has 120 valence electrons. The van der Waals surface area contributed by atoms with Gasteiger partial charge in [0.15, 0.2) is 0 Å². The summed E-state index contributed by atoms with van der Waals surface area (Å²) in [6.45, 7) is 9.43. The van der Waals surface area contributed by atoms with Gasteiger partial charge in [0.05, 0.1) is 0 Å². The lowest BCUT2D eigenvalue weighted by atomic mass is 9.70. The molecule has 1 N–H and O–H groups in total. The van der Waals surface area contributed by atoms with E-state index in [9.17, 15) is 14.7 Å². The van der Waals surface area contributed by atoms with Gasteiger partial charge in [0.25, 0.3) is 0 Å². The van der Waals surface area contributed by atoms with Gasteiger partial charge < -0.3 is 14.9 Å². The molecule has 2 rings (SSSR count). The number of carbonyl (C=O) groups is 2. The molecule has 2 fully saturated rings. The smallest absolute Gasteiger partial charge is 0.408 e. The predicted molar refractivity (Wildman–Crippen MR) is 80.2 cm³/mol. The van der Waals surface area contributed by atoms with Crippen LogP contribution in [0.3, 0.4) is 0 Å². The van der Waals surface area contributed by atoms with Crippen molar-refractivity contribution in [1.82, 2.24) is 14.7 Å². The third kappa shape index (κ3) is 2.61. The molecule has 0 radical (unpaired) electrons. The molecular formula is C15H27N3O3. The molecule has 2 heterocycles. The summed E-state index contributed by atoms with van der Waals surface area (Å²) in [7, 11) is 2.04. The van der Waals surface area contributed by atoms with Crippen molar-refractivity contribution in [1.29, 1.82) is 0 Å². The Kier molecular flexibility index (Phi) is 4.19. The van der Waals surface area contributed by atoms with Crippen LogP contribution in [-0.4, -0.2) is 77.1 Å². The number of rotatable bonds is 1. The van der Waals surface area contributed by atoms with Crippen molar-refractivity contribution in [3.05, 3.63) is 0 Å². The van der Waals surface area contributed by atoms with Gasteiger partial charge in [-0.25, -0.2) is 4.79 Å². The highest BCUT2D eigenvalue weighted by Crippen LogP contribution is 2.45. The molecule has 0 spiro atoms. The summed E-state index contributed by atoms with van der Waals surface area (Å²) in [6.07, 6.45) is 0.390. The minimum Gasteiger partial charge on any atom is -0.465 e. The molecule has 6 heteroatoms. The van der Waals surface area contributed by atoms with Crippen molar-refractivity contribution in [3.63, 3.8) is 0 Å². The first-order valence-corrected chi connectivity index (χ1v) is 7.68. The first-order chi connectivity index (χ1) is 9.70. The van der Waals surface area contributed by atoms with Crippen LogP contribution in [0.1, 0.15) is 33.6 Å². The zero-order chi connectivity index (χ0) is 15.8. The van der Waals surface area contributed by atoms with E-state index >= 15 is 0 Å². The Morgan fingerprint density at radius 3 is 2.10 bits per heavy atom. The normalized spacial score (nSPS) is 28.0. The third-order valence-electron chi connectivity index (χ3n) is 5.00. The number of hydrogen-bond donors (Lipinski definition) is 1. The number of carboxylic acid groups (broad SMARTS) is 1. The highest BCUT2D eigenvalue weighted by atomic mass is 16.4. The largest absolute Gasteiger partial charge is 0.465 e. The fourth-order valence-corrected chi connectivity index (χ4v) is 3.67. The average molecular weight is 297 g/mol. The lowest BCUT2D eigenvalue weighted by Crippen LogP contribution is -2.66. The highest BCUT2D eigenvalue weighted by Gasteiger charge is 2.58. The van der Waals surface area contributed by atoms with Gasteiger partial charge in [-0.1, -0.05) is 20.8 Å². The van der Waals surface area contributed by atoms with Gasteiger partial charge in [0.1, 0.15) is 5.54 Å². The van der Waals surface area contributed by atoms with Gasteiger partial charge in [-0.15, -0.1) is 0 Å². The summed E-state index contributed by atoms with van der Waals surface area (Å²) in [6, 6.07) is 0. The van der Waals surface area contributed by atoms with Crippen molar-refractivity contribution < 1.29 is 14.7 Å². The maximum Gasteiger partial charge on any atom is 0.408 e. The molecule has 2 amide bonds. The van der Waals surface area contributed by atoms with Crippen molar-refractivity contribution in [2.24, 2.45) is 5.41 Å². The number of amides is 2. The van der Waals surface area contributed by atoms with Crippen molar-refractivity contribution in [2.75, 3.05) is 39.8 Å². The molecule has 0 aromatic carbocycles. The number of carbonyl (C=O) groups excluding carboxylic acids is 1. The maximum atomic E-state index is 13.2. The molecule has 6 nitrogen and oxygen atoms in total. The lowest BCUT2D eigenvalue weighted by Gasteiger charge is -2.48. The van der Waals surface area contributed by atoms with E-state index in [4.69, 9.17) is 0 Å². The Hall–Kier alpha value is -1.30. The summed E-state index contributed by atoms with van der Waals surface area (Å²) >= 11 is 0. The van der Waals surface area contributed by atoms with E-state index in [0.717, 1.165) is 19.5 Å². The second kappa shape index (κ2) is 5.48. The van der Waals surface area contributed by atoms with Crippen LogP contribution < -0.4 is 0 Å². The van der Waals surface area contributed by atoms with Crippen LogP contribution >= 0.6 is 0 Å². The van der Waals surface area contributed by atoms with Gasteiger partial charge in [-0.3, -0.25) is 9.69 Å². The summed E-state index contributed by atoms with van der Waals surface area (Å²) in [5, 5.41) is 9.55. The number of likely N-dealkylation sites (N-methyl/N-ethyl adjacent to an activating group) is 1. The molecule has 0 aromatic rings. The molecule has 0 saturated carbocycles. The van der Waals surface area contributed by atoms with E-state index in [1.54, 1.807) is 0 Å². The van der Waals surface area contributed by atoms with Gasteiger partial charge in [-0.2, -0.15) is 0 Å². The van der Waals surface area contributed by atoms with Gasteiger partial charge >= 0.3 is 6.09 Å². The third-order valence-corrected chi connectivity index (χ3v) is 5.00. The molecule has 2 aliphatic heterocycles. The molecule has 0 aromatic heterocycles. The molecule has 21 heavy (non-hydrogen) atoms. The SMILES string of the molecule is CN1CCN(C(=O)[C@@]2(C(C)(C)C)CCCN2C(=O)O)CC1. The van der Waals surface area contributed by atoms with Crippen molar-refractivity contribution in [2.45, 2.75) is 39.2 Å². The first-order valence-electron chi connectivity index (χ1n) is 7.68. The monoisotopic (exact) mass is 297 g/mol. The van der Waals surface area contributed by atoms with E-state index in [0.29, 0.717) is 26.1 Å². The second-order valence-corrected chi connectivity index (χ2v) is 7.24. The summed E-state index contributed by atoms with van der Waals surface area (Å²) in [4.78, 5) is 30.3. The van der Waals surface area contributed by atoms with Crippen LogP contribution in [0.4, 0.5) is 4.79 Å². The standard InChI is InChI=1S/C15H27N3O3/c1-14(2,3)15(6-5-7-18(15)13(20)21)12(19)17-10-8-16(4)9-11-17/h5-11H2,1-4H3,(H,20,21)/t15-/m1/s1. The fraction of sp³-hybridized carbons (Fsp3) is 0.867. The van der Waals surface area contributed by atoms with Crippen LogP contribution in [-0.2, 0) is 4.79 Å². The highest BCUT2D eigenvalue weighted by molar-refractivity contribution is 5.91. The van der Waals surface area contributed by atoms with Gasteiger partial charge in [0.2, 0.25) is 5.91 Å². The Morgan fingerprint density at radius 2 is 1.62 bits per heavy atom. The van der Waals surface area contributed by atoms with E-state index in [1.165, 1.54) is 4.90 Å². The average Bonchev–Trinajstić information content (AvgIpc) is 2.84. The quantitative estimate of drug-likeness (QED) is 0.793. The molecule has 2 saturated heterocycles. The van der Waals surface area contributed by atoms with E-state index in [-0.39, 0.29) is 5.91 Å². The number of piperazine rings is 1. The Morgan fingerprint density at radius 1 is 1.05 bits per heavy atom. The number of likely N-dealkylation sites (tertiary alicyclic amines) is 1. The second-order valence-electron chi connectivity index (χ2n) is 7.24. The van der Waals surface area contributed by atoms with Crippen LogP contribution in [0.2, 0.25) is 0 Å². The predicted octanol–water partition coefficient (Wildman–Crippen LogP) is 1.32. The topological polar surface area (TPSA) is 64.1 Å². The number of nitrogens with zero attached hydrogens (tertiary/aromatic N) is 3. The van der Waals surface area contributed by atoms with Crippen LogP contribution in [0.25, 0.3) is 0 Å². The number of hydrogen-bond acceptors (Lipinski definition) is 3. The lowest BCUT2D eigenvalue weighted by molar-refractivity contribution is -0.150. The van der Waals surface area contributed by atoms with Gasteiger partial charge in [-0.05, 0) is 25.3 Å². The first kappa shape index (κ1) is 16.1. The molecule has 0 unspecified atom stereocenters. The molecule has 1 atom stereocenters. The maximum absolute atomic E-state index is 13.2. The van der Waals surface area contributed by atoms with Crippen molar-refractivity contribution >= 4 is 12.0 Å². The molecule has 0 bridgehead atoms. The van der Waals surface area contributed by atoms with E-state index in [2.05, 4.69) is 4.90 Å². The minimum absolute atomic E-state index is 0.0111. The Bertz CT molecular complexity index is 424. The van der Waals surface area contributed by atoms with Gasteiger partial charge in [0, 0.05) is 32.7 Å². The van der Waals surface area contributed by atoms with E-state index in [1.807, 2.05) is 32.7 Å². The van der Waals surface area contributed by atoms with Crippen LogP contribution in [0.5, 0.6) is 0 Å². The summed E-state index contributed by atoms with van der Waals surface area (Å²) in [5.74, 6) is -0.0111. The molecule has 0 aliphatic carbocycles. The minimum atomic E-state index is -0.982. The summed E-state index contributed by atoms with van der Waals surface area (Å²) < 4.78 is 0.